The van der Waals surface area contributed by atoms with Gasteiger partial charge in [0.1, 0.15) is 5.69 Å². The Balaban J connectivity index is 1.26. The van der Waals surface area contributed by atoms with Crippen molar-refractivity contribution in [2.24, 2.45) is 5.92 Å². The van der Waals surface area contributed by atoms with Crippen LogP contribution in [-0.4, -0.2) is 31.1 Å². The van der Waals surface area contributed by atoms with Crippen LogP contribution in [-0.2, 0) is 4.79 Å². The second-order valence-electron chi connectivity index (χ2n) is 10.0. The number of benzene rings is 2. The molecule has 7 rings (SSSR count). The molecule has 0 aliphatic heterocycles. The van der Waals surface area contributed by atoms with E-state index in [1.54, 1.807) is 18.7 Å². The van der Waals surface area contributed by atoms with Crippen molar-refractivity contribution in [2.75, 3.05) is 5.32 Å². The number of carbonyl (C=O) groups excluding carboxylic acids is 1. The van der Waals surface area contributed by atoms with Gasteiger partial charge in [0.05, 0.1) is 41.0 Å². The lowest BCUT2D eigenvalue weighted by Crippen LogP contribution is -2.20. The Kier molecular flexibility index (Phi) is 5.32. The molecular weight excluding hydrogens is 476 g/mol. The lowest BCUT2D eigenvalue weighted by Gasteiger charge is -2.11. The fraction of sp³-hybridized carbons (Fsp3) is 0.200. The molecule has 1 aliphatic carbocycles. The predicted octanol–water partition coefficient (Wildman–Crippen LogP) is 6.87. The molecule has 0 radical (unpaired) electrons. The Bertz CT molecular complexity index is 1790. The van der Waals surface area contributed by atoms with E-state index < -0.39 is 0 Å². The van der Waals surface area contributed by atoms with Gasteiger partial charge in [0.25, 0.3) is 0 Å². The number of amides is 1. The minimum atomic E-state index is 0.0870. The second kappa shape index (κ2) is 8.99. The summed E-state index contributed by atoms with van der Waals surface area (Å²) in [7, 11) is 0. The van der Waals surface area contributed by atoms with Gasteiger partial charge in [0.2, 0.25) is 5.91 Å². The fourth-order valence-corrected chi connectivity index (χ4v) is 5.47. The Morgan fingerprint density at radius 3 is 2.76 bits per heavy atom. The fourth-order valence-electron chi connectivity index (χ4n) is 5.47. The predicted molar refractivity (Wildman–Crippen MR) is 147 cm³/mol. The molecule has 8 heteroatoms. The van der Waals surface area contributed by atoms with Crippen molar-refractivity contribution in [2.45, 2.75) is 32.6 Å². The summed E-state index contributed by atoms with van der Waals surface area (Å²) >= 11 is 0. The first kappa shape index (κ1) is 22.5. The molecule has 8 nitrogen and oxygen atoms in total. The van der Waals surface area contributed by atoms with Gasteiger partial charge in [-0.3, -0.25) is 14.9 Å². The summed E-state index contributed by atoms with van der Waals surface area (Å²) in [6, 6.07) is 14.2. The van der Waals surface area contributed by atoms with Crippen LogP contribution in [0.2, 0.25) is 0 Å². The largest absolute Gasteiger partial charge is 0.472 e. The Morgan fingerprint density at radius 1 is 1.03 bits per heavy atom. The molecule has 1 amide bonds. The van der Waals surface area contributed by atoms with Crippen molar-refractivity contribution in [1.29, 1.82) is 0 Å². The van der Waals surface area contributed by atoms with Crippen LogP contribution >= 0.6 is 0 Å². The summed E-state index contributed by atoms with van der Waals surface area (Å²) in [5.74, 6) is 0.882. The number of aryl methyl sites for hydroxylation is 1. The van der Waals surface area contributed by atoms with Crippen LogP contribution in [0.25, 0.3) is 55.7 Å². The maximum atomic E-state index is 12.6. The molecule has 1 fully saturated rings. The van der Waals surface area contributed by atoms with E-state index in [4.69, 9.17) is 9.40 Å². The van der Waals surface area contributed by atoms with Crippen molar-refractivity contribution in [3.8, 4) is 33.8 Å². The summed E-state index contributed by atoms with van der Waals surface area (Å²) in [6.07, 6.45) is 11.1. The third kappa shape index (κ3) is 3.85. The zero-order chi connectivity index (χ0) is 25.6. The SMILES string of the molecule is Cc1ccc(-c2ccoc2)c2[nH]c(-c3n[nH]c4ccc(-c5cncc(NC(=O)C6CCCC6)c5)cc34)nc12. The smallest absolute Gasteiger partial charge is 0.227 e. The number of carbonyl (C=O) groups is 1. The molecule has 0 saturated heterocycles. The van der Waals surface area contributed by atoms with Gasteiger partial charge in [-0.25, -0.2) is 4.98 Å². The number of rotatable bonds is 5. The van der Waals surface area contributed by atoms with Crippen molar-refractivity contribution in [3.05, 3.63) is 72.9 Å². The number of hydrogen-bond donors (Lipinski definition) is 3. The number of nitrogens with zero attached hydrogens (tertiary/aromatic N) is 3. The number of fused-ring (bicyclic) bond motifs is 2. The number of hydrogen-bond acceptors (Lipinski definition) is 5. The van der Waals surface area contributed by atoms with Gasteiger partial charge in [-0.1, -0.05) is 31.0 Å². The number of pyridine rings is 1. The molecule has 1 saturated carbocycles. The third-order valence-corrected chi connectivity index (χ3v) is 7.53. The van der Waals surface area contributed by atoms with Crippen LogP contribution < -0.4 is 5.32 Å². The lowest BCUT2D eigenvalue weighted by atomic mass is 10.0. The summed E-state index contributed by atoms with van der Waals surface area (Å²) in [6.45, 7) is 2.05. The quantitative estimate of drug-likeness (QED) is 0.238. The Labute approximate surface area is 218 Å². The molecule has 6 aromatic rings. The first-order chi connectivity index (χ1) is 18.6. The average Bonchev–Trinajstić information content (AvgIpc) is 3.74. The molecule has 0 spiro atoms. The highest BCUT2D eigenvalue weighted by Gasteiger charge is 2.23. The highest BCUT2D eigenvalue weighted by Crippen LogP contribution is 2.35. The number of aromatic nitrogens is 5. The van der Waals surface area contributed by atoms with E-state index in [-0.39, 0.29) is 11.8 Å². The van der Waals surface area contributed by atoms with Gasteiger partial charge in [0, 0.05) is 34.2 Å². The van der Waals surface area contributed by atoms with Crippen molar-refractivity contribution in [3.63, 3.8) is 0 Å². The third-order valence-electron chi connectivity index (χ3n) is 7.53. The van der Waals surface area contributed by atoms with Crippen molar-refractivity contribution in [1.82, 2.24) is 25.1 Å². The van der Waals surface area contributed by atoms with Crippen LogP contribution in [0, 0.1) is 12.8 Å². The first-order valence-electron chi connectivity index (χ1n) is 12.9. The highest BCUT2D eigenvalue weighted by molar-refractivity contribution is 5.99. The monoisotopic (exact) mass is 502 g/mol. The van der Waals surface area contributed by atoms with Gasteiger partial charge in [0.15, 0.2) is 5.82 Å². The second-order valence-corrected chi connectivity index (χ2v) is 10.0. The molecule has 38 heavy (non-hydrogen) atoms. The first-order valence-corrected chi connectivity index (χ1v) is 12.9. The van der Waals surface area contributed by atoms with Crippen LogP contribution in [0.3, 0.4) is 0 Å². The lowest BCUT2D eigenvalue weighted by molar-refractivity contribution is -0.119. The number of H-pyrrole nitrogens is 2. The molecule has 2 aromatic carbocycles. The zero-order valence-corrected chi connectivity index (χ0v) is 20.9. The number of aromatic amines is 2. The van der Waals surface area contributed by atoms with Crippen LogP contribution in [0.4, 0.5) is 5.69 Å². The van der Waals surface area contributed by atoms with Crippen molar-refractivity contribution < 1.29 is 9.21 Å². The van der Waals surface area contributed by atoms with Crippen LogP contribution in [0.15, 0.2) is 71.8 Å². The van der Waals surface area contributed by atoms with Gasteiger partial charge in [-0.15, -0.1) is 0 Å². The zero-order valence-electron chi connectivity index (χ0n) is 20.9. The number of imidazole rings is 1. The average molecular weight is 503 g/mol. The molecule has 188 valence electrons. The molecule has 0 unspecified atom stereocenters. The van der Waals surface area contributed by atoms with E-state index in [0.717, 1.165) is 81.1 Å². The van der Waals surface area contributed by atoms with Crippen LogP contribution in [0.1, 0.15) is 31.2 Å². The summed E-state index contributed by atoms with van der Waals surface area (Å²) in [5, 5.41) is 11.8. The minimum Gasteiger partial charge on any atom is -0.472 e. The van der Waals surface area contributed by atoms with Crippen molar-refractivity contribution >= 4 is 33.5 Å². The Morgan fingerprint density at radius 2 is 1.92 bits per heavy atom. The minimum absolute atomic E-state index is 0.0870. The van der Waals surface area contributed by atoms with E-state index >= 15 is 0 Å². The Hall–Kier alpha value is -4.72. The van der Waals surface area contributed by atoms with E-state index in [0.29, 0.717) is 11.5 Å². The maximum absolute atomic E-state index is 12.6. The molecule has 1 aliphatic rings. The topological polar surface area (TPSA) is 112 Å². The summed E-state index contributed by atoms with van der Waals surface area (Å²) in [4.78, 5) is 25.5. The van der Waals surface area contributed by atoms with Gasteiger partial charge in [-0.2, -0.15) is 5.10 Å². The highest BCUT2D eigenvalue weighted by atomic mass is 16.3. The van der Waals surface area contributed by atoms with Gasteiger partial charge >= 0.3 is 0 Å². The molecular formula is C30H26N6O2. The standard InChI is InChI=1S/C30H26N6O2/c1-17-6-8-23(20-10-11-38-16-20)27-26(17)33-29(34-27)28-24-13-19(7-9-25(24)35-36-28)21-12-22(15-31-14-21)32-30(37)18-4-2-3-5-18/h6-16,18H,2-5H2,1H3,(H,32,37)(H,33,34)(H,35,36). The number of nitrogens with one attached hydrogen (secondary N) is 3. The van der Waals surface area contributed by atoms with E-state index in [1.165, 1.54) is 0 Å². The molecule has 0 bridgehead atoms. The van der Waals surface area contributed by atoms with E-state index in [2.05, 4.69) is 50.6 Å². The number of furan rings is 1. The summed E-state index contributed by atoms with van der Waals surface area (Å²) in [5.41, 5.74) is 9.23. The van der Waals surface area contributed by atoms with Crippen LogP contribution in [0.5, 0.6) is 0 Å². The molecule has 4 aromatic heterocycles. The summed E-state index contributed by atoms with van der Waals surface area (Å²) < 4.78 is 5.32. The van der Waals surface area contributed by atoms with E-state index in [1.807, 2.05) is 30.5 Å². The maximum Gasteiger partial charge on any atom is 0.227 e. The van der Waals surface area contributed by atoms with Gasteiger partial charge in [-0.05, 0) is 55.2 Å². The normalized spacial score (nSPS) is 14.0. The molecule has 3 N–H and O–H groups in total. The van der Waals surface area contributed by atoms with E-state index in [9.17, 15) is 4.79 Å². The molecule has 0 atom stereocenters. The molecule has 4 heterocycles. The number of anilines is 1. The van der Waals surface area contributed by atoms with Gasteiger partial charge < -0.3 is 14.7 Å².